The van der Waals surface area contributed by atoms with E-state index in [9.17, 15) is 5.11 Å². The third-order valence-electron chi connectivity index (χ3n) is 4.26. The average Bonchev–Trinajstić information content (AvgIpc) is 3.22. The van der Waals surface area contributed by atoms with Gasteiger partial charge in [-0.3, -0.25) is 0 Å². The van der Waals surface area contributed by atoms with E-state index in [1.54, 1.807) is 7.05 Å². The largest absolute Gasteiger partial charge is 0.403 e. The predicted octanol–water partition coefficient (Wildman–Crippen LogP) is 2.97. The quantitative estimate of drug-likeness (QED) is 0.600. The maximum absolute atomic E-state index is 10.1. The minimum Gasteiger partial charge on any atom is -0.403 e. The molecule has 1 atom stereocenters. The number of hydrogen-bond acceptors (Lipinski definition) is 7. The Balaban J connectivity index is 1.49. The van der Waals surface area contributed by atoms with E-state index in [2.05, 4.69) is 32.3 Å². The molecule has 1 saturated carbocycles. The second-order valence-electron chi connectivity index (χ2n) is 5.76. The lowest BCUT2D eigenvalue weighted by atomic mass is 10.1. The standard InChI is InChI=1S/C15H12N4O3S2/c1-7-10(16-2)8(21-19-7)3-4-9-17-11-12(23-9)18-13-15(5-6-15)14(20)24(13)22-11/h16,20H,5-6H2,1-2H3. The summed E-state index contributed by atoms with van der Waals surface area (Å²) < 4.78 is 11.0. The molecule has 0 saturated heterocycles. The van der Waals surface area contributed by atoms with Crippen LogP contribution < -0.4 is 9.50 Å². The Morgan fingerprint density at radius 2 is 2.21 bits per heavy atom. The lowest BCUT2D eigenvalue weighted by Crippen LogP contribution is -2.38. The molecule has 5 rings (SSSR count). The molecule has 2 aromatic rings. The molecule has 4 heterocycles. The summed E-state index contributed by atoms with van der Waals surface area (Å²) in [4.78, 5) is 9.02. The second kappa shape index (κ2) is 4.69. The summed E-state index contributed by atoms with van der Waals surface area (Å²) in [5.74, 6) is 6.83. The van der Waals surface area contributed by atoms with Gasteiger partial charge in [-0.1, -0.05) is 16.5 Å². The summed E-state index contributed by atoms with van der Waals surface area (Å²) in [5, 5.41) is 19.7. The molecule has 9 heteroatoms. The summed E-state index contributed by atoms with van der Waals surface area (Å²) in [6, 6.07) is 0. The van der Waals surface area contributed by atoms with Crippen LogP contribution in [0.25, 0.3) is 0 Å². The van der Waals surface area contributed by atoms with Crippen LogP contribution in [0.5, 0.6) is 5.88 Å². The van der Waals surface area contributed by atoms with E-state index in [4.69, 9.17) is 8.71 Å². The summed E-state index contributed by atoms with van der Waals surface area (Å²) in [5.41, 5.74) is 1.35. The third kappa shape index (κ3) is 1.79. The molecular weight excluding hydrogens is 348 g/mol. The summed E-state index contributed by atoms with van der Waals surface area (Å²) >= 11 is 1.38. The van der Waals surface area contributed by atoms with Gasteiger partial charge in [-0.2, -0.15) is 4.98 Å². The number of nitrogens with one attached hydrogen (secondary N) is 1. The van der Waals surface area contributed by atoms with Crippen molar-refractivity contribution in [1.29, 1.82) is 0 Å². The van der Waals surface area contributed by atoms with Crippen molar-refractivity contribution in [3.8, 4) is 17.7 Å². The molecule has 2 aliphatic heterocycles. The van der Waals surface area contributed by atoms with E-state index < -0.39 is 10.8 Å². The smallest absolute Gasteiger partial charge is 0.266 e. The normalized spacial score (nSPS) is 21.7. The minimum absolute atomic E-state index is 0.185. The van der Waals surface area contributed by atoms with Gasteiger partial charge < -0.3 is 19.1 Å². The molecule has 2 aromatic heterocycles. The first-order valence-corrected chi connectivity index (χ1v) is 9.34. The number of hydrogen-bond donors (Lipinski definition) is 2. The number of thiazole rings is 1. The fraction of sp³-hybridized carbons (Fsp3) is 0.333. The van der Waals surface area contributed by atoms with Gasteiger partial charge in [0.2, 0.25) is 5.76 Å². The Bertz CT molecular complexity index is 1020. The number of aliphatic hydroxyl groups is 1. The molecule has 7 nitrogen and oxygen atoms in total. The zero-order valence-corrected chi connectivity index (χ0v) is 14.5. The molecule has 24 heavy (non-hydrogen) atoms. The molecule has 3 aliphatic rings. The van der Waals surface area contributed by atoms with Crippen LogP contribution in [0.3, 0.4) is 0 Å². The third-order valence-corrected chi connectivity index (χ3v) is 7.01. The Hall–Kier alpha value is -2.15. The fourth-order valence-corrected chi connectivity index (χ4v) is 5.56. The molecular formula is C15H12N4O3S2. The topological polar surface area (TPSA) is 92.8 Å². The highest BCUT2D eigenvalue weighted by Gasteiger charge is 2.62. The van der Waals surface area contributed by atoms with Crippen molar-refractivity contribution in [2.45, 2.75) is 19.8 Å². The number of nitrogens with zero attached hydrogens (tertiary/aromatic N) is 3. The minimum atomic E-state index is -0.716. The van der Waals surface area contributed by atoms with Crippen molar-refractivity contribution < 1.29 is 13.8 Å². The van der Waals surface area contributed by atoms with E-state index in [1.165, 1.54) is 11.3 Å². The van der Waals surface area contributed by atoms with Crippen molar-refractivity contribution >= 4 is 42.9 Å². The summed E-state index contributed by atoms with van der Waals surface area (Å²) in [6.45, 7) is 1.85. The molecule has 2 N–H and O–H groups in total. The van der Waals surface area contributed by atoms with Gasteiger partial charge in [-0.05, 0) is 31.6 Å². The Kier molecular flexibility index (Phi) is 2.78. The monoisotopic (exact) mass is 360 g/mol. The predicted molar refractivity (Wildman–Crippen MR) is 93.5 cm³/mol. The van der Waals surface area contributed by atoms with Crippen molar-refractivity contribution in [3.05, 3.63) is 16.5 Å². The highest BCUT2D eigenvalue weighted by Crippen LogP contribution is 2.64. The van der Waals surface area contributed by atoms with E-state index in [-0.39, 0.29) is 5.41 Å². The van der Waals surface area contributed by atoms with E-state index in [0.717, 1.165) is 34.3 Å². The van der Waals surface area contributed by atoms with Gasteiger partial charge in [0, 0.05) is 7.05 Å². The highest BCUT2D eigenvalue weighted by molar-refractivity contribution is 8.27. The number of aliphatic hydroxyl groups excluding tert-OH is 1. The maximum Gasteiger partial charge on any atom is 0.266 e. The van der Waals surface area contributed by atoms with Gasteiger partial charge in [0.1, 0.15) is 21.5 Å². The molecule has 1 unspecified atom stereocenters. The number of aliphatic imine (C=N–C) groups is 1. The molecule has 0 radical (unpaired) electrons. The first-order valence-electron chi connectivity index (χ1n) is 7.37. The number of rotatable bonds is 1. The molecule has 1 aliphatic carbocycles. The Morgan fingerprint density at radius 1 is 1.38 bits per heavy atom. The van der Waals surface area contributed by atoms with E-state index in [1.807, 2.05) is 6.92 Å². The van der Waals surface area contributed by atoms with Gasteiger partial charge in [0.05, 0.1) is 16.2 Å². The molecule has 0 amide bonds. The summed E-state index contributed by atoms with van der Waals surface area (Å²) in [6.07, 6.45) is 1.92. The van der Waals surface area contributed by atoms with Gasteiger partial charge >= 0.3 is 0 Å². The molecule has 1 fully saturated rings. The molecule has 1 spiro atoms. The first-order chi connectivity index (χ1) is 11.6. The summed E-state index contributed by atoms with van der Waals surface area (Å²) in [7, 11) is 1.08. The zero-order chi connectivity index (χ0) is 16.5. The Morgan fingerprint density at radius 3 is 2.96 bits per heavy atom. The van der Waals surface area contributed by atoms with Gasteiger partial charge in [0.15, 0.2) is 10.0 Å². The number of aryl methyl sites for hydroxylation is 1. The first kappa shape index (κ1) is 14.2. The van der Waals surface area contributed by atoms with Crippen LogP contribution in [-0.2, 0) is 0 Å². The number of aromatic nitrogens is 2. The van der Waals surface area contributed by atoms with Crippen LogP contribution >= 0.6 is 22.1 Å². The molecule has 0 bridgehead atoms. The maximum atomic E-state index is 10.1. The van der Waals surface area contributed by atoms with Crippen molar-refractivity contribution in [3.63, 3.8) is 0 Å². The van der Waals surface area contributed by atoms with Crippen LogP contribution in [-0.4, -0.2) is 32.4 Å². The van der Waals surface area contributed by atoms with E-state index >= 15 is 0 Å². The fourth-order valence-electron chi connectivity index (χ4n) is 2.78. The molecule has 0 aromatic carbocycles. The van der Waals surface area contributed by atoms with Crippen molar-refractivity contribution in [2.75, 3.05) is 12.4 Å². The van der Waals surface area contributed by atoms with Crippen LogP contribution in [0, 0.1) is 24.2 Å². The van der Waals surface area contributed by atoms with Gasteiger partial charge in [-0.25, -0.2) is 4.99 Å². The lowest BCUT2D eigenvalue weighted by Gasteiger charge is -2.33. The van der Waals surface area contributed by atoms with Gasteiger partial charge in [-0.15, -0.1) is 0 Å². The molecule has 122 valence electrons. The van der Waals surface area contributed by atoms with Gasteiger partial charge in [0.25, 0.3) is 5.88 Å². The Labute approximate surface area is 143 Å². The number of fused-ring (bicyclic) bond motifs is 3. The van der Waals surface area contributed by atoms with Crippen LogP contribution in [0.1, 0.15) is 29.3 Å². The van der Waals surface area contributed by atoms with Crippen LogP contribution in [0.2, 0.25) is 0 Å². The van der Waals surface area contributed by atoms with E-state index in [0.29, 0.717) is 21.7 Å². The van der Waals surface area contributed by atoms with Crippen LogP contribution in [0.15, 0.2) is 9.52 Å². The number of anilines is 1. The lowest BCUT2D eigenvalue weighted by molar-refractivity contribution is 0.406. The highest BCUT2D eigenvalue weighted by atomic mass is 32.2. The van der Waals surface area contributed by atoms with Crippen LogP contribution in [0.4, 0.5) is 10.7 Å². The average molecular weight is 360 g/mol. The second-order valence-corrected chi connectivity index (χ2v) is 8.21. The van der Waals surface area contributed by atoms with Crippen molar-refractivity contribution in [2.24, 2.45) is 10.4 Å². The van der Waals surface area contributed by atoms with Crippen molar-refractivity contribution in [1.82, 2.24) is 10.1 Å². The zero-order valence-electron chi connectivity index (χ0n) is 12.8. The SMILES string of the molecule is CNc1c(C)noc1C#Cc1nc2c(s1)N=C1S(=C(O)C13CC3)O2.